The summed E-state index contributed by atoms with van der Waals surface area (Å²) in [5.41, 5.74) is 5.50. The molecule has 0 aliphatic carbocycles. The van der Waals surface area contributed by atoms with E-state index in [1.165, 1.54) is 12.1 Å². The molecule has 1 rings (SSSR count). The lowest BCUT2D eigenvalue weighted by molar-refractivity contribution is -0.123. The second kappa shape index (κ2) is 7.36. The third-order valence-electron chi connectivity index (χ3n) is 3.14. The van der Waals surface area contributed by atoms with Gasteiger partial charge in [-0.2, -0.15) is 0 Å². The van der Waals surface area contributed by atoms with Gasteiger partial charge in [0.15, 0.2) is 0 Å². The van der Waals surface area contributed by atoms with Crippen LogP contribution in [-0.2, 0) is 9.53 Å². The zero-order chi connectivity index (χ0) is 15.2. The lowest BCUT2D eigenvalue weighted by atomic mass is 10.0. The maximum atomic E-state index is 13.3. The van der Waals surface area contributed by atoms with Crippen LogP contribution in [0.5, 0.6) is 0 Å². The van der Waals surface area contributed by atoms with E-state index in [-0.39, 0.29) is 18.1 Å². The number of rotatable bonds is 7. The molecule has 0 spiro atoms. The van der Waals surface area contributed by atoms with Crippen molar-refractivity contribution in [3.05, 3.63) is 30.1 Å². The third-order valence-corrected chi connectivity index (χ3v) is 3.14. The minimum absolute atomic E-state index is 0.101. The van der Waals surface area contributed by atoms with Crippen LogP contribution in [0, 0.1) is 5.82 Å². The fraction of sp³-hybridized carbons (Fsp3) is 0.533. The molecule has 0 aliphatic heterocycles. The summed E-state index contributed by atoms with van der Waals surface area (Å²) in [6.07, 6.45) is 0.889. The maximum Gasteiger partial charge on any atom is 0.229 e. The molecule has 0 saturated heterocycles. The van der Waals surface area contributed by atoms with Gasteiger partial charge in [-0.05, 0) is 45.0 Å². The molecule has 1 aromatic rings. The number of methoxy groups -OCH3 is 1. The average Bonchev–Trinajstić information content (AvgIpc) is 2.39. The number of nitrogens with two attached hydrogens (primary N) is 1. The molecule has 2 N–H and O–H groups in total. The van der Waals surface area contributed by atoms with Crippen LogP contribution in [0.3, 0.4) is 0 Å². The molecule has 0 aromatic heterocycles. The minimum atomic E-state index is -0.550. The van der Waals surface area contributed by atoms with Gasteiger partial charge in [-0.25, -0.2) is 4.39 Å². The van der Waals surface area contributed by atoms with Gasteiger partial charge < -0.3 is 15.4 Å². The largest absolute Gasteiger partial charge is 0.378 e. The molecule has 112 valence electrons. The van der Waals surface area contributed by atoms with Crippen molar-refractivity contribution in [2.45, 2.75) is 32.3 Å². The van der Waals surface area contributed by atoms with Crippen molar-refractivity contribution in [3.8, 4) is 0 Å². The summed E-state index contributed by atoms with van der Waals surface area (Å²) in [4.78, 5) is 14.0. The van der Waals surface area contributed by atoms with E-state index in [0.29, 0.717) is 25.2 Å². The standard InChI is InChI=1S/C15H23FN2O2/c1-15(2,20-3)11-14(19)18(9-5-8-17)13-7-4-6-12(16)10-13/h4,6-7,10H,5,8-9,11,17H2,1-3H3. The first-order chi connectivity index (χ1) is 9.39. The molecule has 0 atom stereocenters. The molecule has 0 fully saturated rings. The minimum Gasteiger partial charge on any atom is -0.378 e. The summed E-state index contributed by atoms with van der Waals surface area (Å²) < 4.78 is 18.6. The molecular formula is C15H23FN2O2. The highest BCUT2D eigenvalue weighted by atomic mass is 19.1. The van der Waals surface area contributed by atoms with Gasteiger partial charge in [-0.3, -0.25) is 4.79 Å². The maximum absolute atomic E-state index is 13.3. The fourth-order valence-corrected chi connectivity index (χ4v) is 1.82. The number of halogens is 1. The molecular weight excluding hydrogens is 259 g/mol. The summed E-state index contributed by atoms with van der Waals surface area (Å²) >= 11 is 0. The van der Waals surface area contributed by atoms with E-state index in [0.717, 1.165) is 0 Å². The Morgan fingerprint density at radius 1 is 1.45 bits per heavy atom. The summed E-state index contributed by atoms with van der Waals surface area (Å²) in [5, 5.41) is 0. The summed E-state index contributed by atoms with van der Waals surface area (Å²) in [7, 11) is 1.57. The number of carbonyl (C=O) groups excluding carboxylic acids is 1. The van der Waals surface area contributed by atoms with Crippen molar-refractivity contribution in [3.63, 3.8) is 0 Å². The van der Waals surface area contributed by atoms with Crippen LogP contribution >= 0.6 is 0 Å². The quantitative estimate of drug-likeness (QED) is 0.835. The number of nitrogens with zero attached hydrogens (tertiary/aromatic N) is 1. The zero-order valence-electron chi connectivity index (χ0n) is 12.4. The first-order valence-electron chi connectivity index (χ1n) is 6.71. The van der Waals surface area contributed by atoms with Crippen LogP contribution in [0.4, 0.5) is 10.1 Å². The number of anilines is 1. The average molecular weight is 282 g/mol. The molecule has 0 radical (unpaired) electrons. The van der Waals surface area contributed by atoms with E-state index in [1.807, 2.05) is 13.8 Å². The molecule has 20 heavy (non-hydrogen) atoms. The fourth-order valence-electron chi connectivity index (χ4n) is 1.82. The van der Waals surface area contributed by atoms with Gasteiger partial charge in [0.2, 0.25) is 5.91 Å². The van der Waals surface area contributed by atoms with E-state index < -0.39 is 5.60 Å². The monoisotopic (exact) mass is 282 g/mol. The van der Waals surface area contributed by atoms with Crippen LogP contribution in [-0.4, -0.2) is 31.7 Å². The van der Waals surface area contributed by atoms with Crippen molar-refractivity contribution < 1.29 is 13.9 Å². The normalized spacial score (nSPS) is 11.4. The Hall–Kier alpha value is -1.46. The molecule has 1 amide bonds. The molecule has 1 aromatic carbocycles. The highest BCUT2D eigenvalue weighted by Crippen LogP contribution is 2.21. The number of benzene rings is 1. The van der Waals surface area contributed by atoms with Crippen molar-refractivity contribution in [1.29, 1.82) is 0 Å². The molecule has 0 bridgehead atoms. The first kappa shape index (κ1) is 16.6. The lowest BCUT2D eigenvalue weighted by Crippen LogP contribution is -2.38. The van der Waals surface area contributed by atoms with Crippen LogP contribution in [0.25, 0.3) is 0 Å². The van der Waals surface area contributed by atoms with Gasteiger partial charge >= 0.3 is 0 Å². The lowest BCUT2D eigenvalue weighted by Gasteiger charge is -2.28. The first-order valence-corrected chi connectivity index (χ1v) is 6.71. The van der Waals surface area contributed by atoms with Crippen LogP contribution in [0.15, 0.2) is 24.3 Å². The number of amides is 1. The van der Waals surface area contributed by atoms with Crippen LogP contribution in [0.2, 0.25) is 0 Å². The molecule has 0 unspecified atom stereocenters. The summed E-state index contributed by atoms with van der Waals surface area (Å²) in [6, 6.07) is 6.02. The van der Waals surface area contributed by atoms with E-state index in [2.05, 4.69) is 0 Å². The Morgan fingerprint density at radius 2 is 2.15 bits per heavy atom. The summed E-state index contributed by atoms with van der Waals surface area (Å²) in [6.45, 7) is 4.64. The Balaban J connectivity index is 2.91. The number of ether oxygens (including phenoxy) is 1. The van der Waals surface area contributed by atoms with E-state index in [1.54, 1.807) is 24.1 Å². The van der Waals surface area contributed by atoms with Gasteiger partial charge in [0, 0.05) is 19.3 Å². The van der Waals surface area contributed by atoms with Crippen LogP contribution in [0.1, 0.15) is 26.7 Å². The Bertz CT molecular complexity index is 449. The molecule has 0 saturated carbocycles. The SMILES string of the molecule is COC(C)(C)CC(=O)N(CCCN)c1cccc(F)c1. The van der Waals surface area contributed by atoms with E-state index >= 15 is 0 Å². The van der Waals surface area contributed by atoms with Gasteiger partial charge in [0.25, 0.3) is 0 Å². The van der Waals surface area contributed by atoms with Gasteiger partial charge in [-0.15, -0.1) is 0 Å². The highest BCUT2D eigenvalue weighted by Gasteiger charge is 2.25. The van der Waals surface area contributed by atoms with Crippen LogP contribution < -0.4 is 10.6 Å². The summed E-state index contributed by atoms with van der Waals surface area (Å²) in [5.74, 6) is -0.463. The second-order valence-corrected chi connectivity index (χ2v) is 5.31. The predicted molar refractivity (Wildman–Crippen MR) is 78.1 cm³/mol. The molecule has 4 nitrogen and oxygen atoms in total. The van der Waals surface area contributed by atoms with Crippen molar-refractivity contribution in [1.82, 2.24) is 0 Å². The van der Waals surface area contributed by atoms with Gasteiger partial charge in [-0.1, -0.05) is 6.07 Å². The van der Waals surface area contributed by atoms with Gasteiger partial charge in [0.05, 0.1) is 12.0 Å². The molecule has 0 heterocycles. The highest BCUT2D eigenvalue weighted by molar-refractivity contribution is 5.93. The predicted octanol–water partition coefficient (Wildman–Crippen LogP) is 2.32. The van der Waals surface area contributed by atoms with E-state index in [4.69, 9.17) is 10.5 Å². The van der Waals surface area contributed by atoms with Crippen molar-refractivity contribution in [2.75, 3.05) is 25.1 Å². The Morgan fingerprint density at radius 3 is 2.70 bits per heavy atom. The zero-order valence-corrected chi connectivity index (χ0v) is 12.4. The smallest absolute Gasteiger partial charge is 0.229 e. The number of carbonyl (C=O) groups is 1. The van der Waals surface area contributed by atoms with E-state index in [9.17, 15) is 9.18 Å². The van der Waals surface area contributed by atoms with Gasteiger partial charge in [0.1, 0.15) is 5.82 Å². The van der Waals surface area contributed by atoms with Crippen molar-refractivity contribution in [2.24, 2.45) is 5.73 Å². The number of hydrogen-bond acceptors (Lipinski definition) is 3. The molecule has 0 aliphatic rings. The molecule has 5 heteroatoms. The Labute approximate surface area is 119 Å². The third kappa shape index (κ3) is 4.90. The topological polar surface area (TPSA) is 55.6 Å². The second-order valence-electron chi connectivity index (χ2n) is 5.31. The van der Waals surface area contributed by atoms with Crippen molar-refractivity contribution >= 4 is 11.6 Å². The number of hydrogen-bond donors (Lipinski definition) is 1. The Kier molecular flexibility index (Phi) is 6.10.